The molecule has 20 heavy (non-hydrogen) atoms. The Labute approximate surface area is 118 Å². The van der Waals surface area contributed by atoms with Crippen LogP contribution in [-0.4, -0.2) is 28.3 Å². The van der Waals surface area contributed by atoms with Crippen molar-refractivity contribution in [2.24, 2.45) is 5.92 Å². The quantitative estimate of drug-likeness (QED) is 0.890. The molecule has 3 heterocycles. The summed E-state index contributed by atoms with van der Waals surface area (Å²) in [6.45, 7) is 2.24. The van der Waals surface area contributed by atoms with Crippen LogP contribution < -0.4 is 10.6 Å². The van der Waals surface area contributed by atoms with Gasteiger partial charge in [0.25, 0.3) is 0 Å². The van der Waals surface area contributed by atoms with Gasteiger partial charge in [-0.25, -0.2) is 4.98 Å². The van der Waals surface area contributed by atoms with Crippen molar-refractivity contribution >= 4 is 11.6 Å². The summed E-state index contributed by atoms with van der Waals surface area (Å²) in [7, 11) is 0. The maximum atomic E-state index is 4.30. The molecule has 0 spiro atoms. The van der Waals surface area contributed by atoms with Crippen LogP contribution in [0.4, 0.5) is 11.6 Å². The van der Waals surface area contributed by atoms with Crippen molar-refractivity contribution in [3.63, 3.8) is 0 Å². The number of anilines is 2. The maximum Gasteiger partial charge on any atom is 0.154 e. The van der Waals surface area contributed by atoms with Gasteiger partial charge < -0.3 is 10.6 Å². The molecule has 0 bridgehead atoms. The fourth-order valence-corrected chi connectivity index (χ4v) is 2.50. The smallest absolute Gasteiger partial charge is 0.154 e. The Hall–Kier alpha value is -2.01. The molecule has 0 aliphatic carbocycles. The van der Waals surface area contributed by atoms with Crippen molar-refractivity contribution in [2.45, 2.75) is 19.3 Å². The normalized spacial score (nSPS) is 18.7. The highest BCUT2D eigenvalue weighted by Crippen LogP contribution is 2.16. The number of hydrogen-bond donors (Lipinski definition) is 2. The van der Waals surface area contributed by atoms with Crippen LogP contribution in [0.3, 0.4) is 0 Å². The third-order valence-corrected chi connectivity index (χ3v) is 3.54. The van der Waals surface area contributed by atoms with Gasteiger partial charge in [0.2, 0.25) is 0 Å². The molecular formula is C15H19N5. The minimum absolute atomic E-state index is 0.688. The van der Waals surface area contributed by atoms with Gasteiger partial charge in [-0.15, -0.1) is 5.10 Å². The average molecular weight is 269 g/mol. The van der Waals surface area contributed by atoms with Crippen LogP contribution in [0, 0.1) is 5.92 Å². The van der Waals surface area contributed by atoms with Gasteiger partial charge in [-0.05, 0) is 62.5 Å². The van der Waals surface area contributed by atoms with Crippen LogP contribution in [-0.2, 0) is 6.42 Å². The van der Waals surface area contributed by atoms with E-state index in [1.807, 2.05) is 30.3 Å². The summed E-state index contributed by atoms with van der Waals surface area (Å²) in [5, 5.41) is 15.1. The van der Waals surface area contributed by atoms with Crippen molar-refractivity contribution in [3.8, 4) is 0 Å². The van der Waals surface area contributed by atoms with Crippen LogP contribution in [0.25, 0.3) is 0 Å². The highest BCUT2D eigenvalue weighted by molar-refractivity contribution is 5.50. The second-order valence-electron chi connectivity index (χ2n) is 5.17. The largest absolute Gasteiger partial charge is 0.323 e. The first-order valence-electron chi connectivity index (χ1n) is 7.11. The fraction of sp³-hybridized carbons (Fsp3) is 0.400. The summed E-state index contributed by atoms with van der Waals surface area (Å²) in [6.07, 6.45) is 5.30. The number of nitrogens with one attached hydrogen (secondary N) is 2. The number of nitrogens with zero attached hydrogens (tertiary/aromatic N) is 3. The molecule has 5 heteroatoms. The molecule has 5 nitrogen and oxygen atoms in total. The molecule has 1 aliphatic rings. The van der Waals surface area contributed by atoms with Gasteiger partial charge in [-0.3, -0.25) is 0 Å². The first-order chi connectivity index (χ1) is 9.90. The predicted molar refractivity (Wildman–Crippen MR) is 78.8 cm³/mol. The first kappa shape index (κ1) is 13.0. The van der Waals surface area contributed by atoms with Gasteiger partial charge in [0.1, 0.15) is 5.82 Å². The van der Waals surface area contributed by atoms with Crippen molar-refractivity contribution in [3.05, 3.63) is 42.2 Å². The lowest BCUT2D eigenvalue weighted by Gasteiger charge is -2.22. The minimum atomic E-state index is 0.688. The lowest BCUT2D eigenvalue weighted by atomic mass is 9.95. The van der Waals surface area contributed by atoms with E-state index < -0.39 is 0 Å². The van der Waals surface area contributed by atoms with Gasteiger partial charge in [0.05, 0.1) is 5.69 Å². The lowest BCUT2D eigenvalue weighted by molar-refractivity contribution is 0.373. The van der Waals surface area contributed by atoms with E-state index in [-0.39, 0.29) is 0 Å². The molecule has 0 saturated carbocycles. The van der Waals surface area contributed by atoms with E-state index in [1.165, 1.54) is 12.8 Å². The van der Waals surface area contributed by atoms with Crippen molar-refractivity contribution in [1.29, 1.82) is 0 Å². The van der Waals surface area contributed by atoms with E-state index in [0.29, 0.717) is 5.92 Å². The first-order valence-corrected chi connectivity index (χ1v) is 7.11. The van der Waals surface area contributed by atoms with Crippen LogP contribution in [0.5, 0.6) is 0 Å². The van der Waals surface area contributed by atoms with Gasteiger partial charge in [0.15, 0.2) is 5.82 Å². The third kappa shape index (κ3) is 3.51. The highest BCUT2D eigenvalue weighted by atomic mass is 15.2. The molecule has 3 rings (SSSR count). The molecule has 1 unspecified atom stereocenters. The van der Waals surface area contributed by atoms with E-state index in [4.69, 9.17) is 0 Å². The van der Waals surface area contributed by atoms with E-state index >= 15 is 0 Å². The minimum Gasteiger partial charge on any atom is -0.323 e. The Balaban J connectivity index is 1.59. The van der Waals surface area contributed by atoms with E-state index in [0.717, 1.165) is 36.8 Å². The van der Waals surface area contributed by atoms with Gasteiger partial charge >= 0.3 is 0 Å². The van der Waals surface area contributed by atoms with Crippen LogP contribution in [0.1, 0.15) is 18.5 Å². The summed E-state index contributed by atoms with van der Waals surface area (Å²) in [6, 6.07) is 9.74. The zero-order valence-electron chi connectivity index (χ0n) is 11.4. The van der Waals surface area contributed by atoms with E-state index in [9.17, 15) is 0 Å². The molecule has 1 aliphatic heterocycles. The predicted octanol–water partition coefficient (Wildman–Crippen LogP) is 2.16. The molecule has 2 aromatic heterocycles. The van der Waals surface area contributed by atoms with Gasteiger partial charge in [0, 0.05) is 6.20 Å². The monoisotopic (exact) mass is 269 g/mol. The molecule has 0 radical (unpaired) electrons. The number of rotatable bonds is 4. The molecule has 2 aromatic rings. The Morgan fingerprint density at radius 1 is 1.15 bits per heavy atom. The molecule has 1 fully saturated rings. The lowest BCUT2D eigenvalue weighted by Crippen LogP contribution is -2.31. The number of aromatic nitrogens is 3. The second kappa shape index (κ2) is 6.43. The topological polar surface area (TPSA) is 62.7 Å². The SMILES string of the molecule is c1ccc(Nc2ccc(CC3CCCNC3)nn2)nc1. The van der Waals surface area contributed by atoms with Crippen LogP contribution >= 0.6 is 0 Å². The third-order valence-electron chi connectivity index (χ3n) is 3.54. The summed E-state index contributed by atoms with van der Waals surface area (Å²) < 4.78 is 0. The number of piperidine rings is 1. The van der Waals surface area contributed by atoms with Crippen molar-refractivity contribution < 1.29 is 0 Å². The Bertz CT molecular complexity index is 520. The zero-order chi connectivity index (χ0) is 13.6. The number of hydrogen-bond acceptors (Lipinski definition) is 5. The maximum absolute atomic E-state index is 4.30. The molecule has 2 N–H and O–H groups in total. The fourth-order valence-electron chi connectivity index (χ4n) is 2.50. The van der Waals surface area contributed by atoms with Gasteiger partial charge in [-0.1, -0.05) is 6.07 Å². The molecular weight excluding hydrogens is 250 g/mol. The zero-order valence-corrected chi connectivity index (χ0v) is 11.4. The Morgan fingerprint density at radius 3 is 2.85 bits per heavy atom. The molecule has 0 aromatic carbocycles. The molecule has 104 valence electrons. The average Bonchev–Trinajstić information content (AvgIpc) is 2.51. The summed E-state index contributed by atoms with van der Waals surface area (Å²) in [5.74, 6) is 2.20. The van der Waals surface area contributed by atoms with E-state index in [2.05, 4.69) is 25.8 Å². The molecule has 1 saturated heterocycles. The van der Waals surface area contributed by atoms with Crippen LogP contribution in [0.15, 0.2) is 36.5 Å². The summed E-state index contributed by atoms with van der Waals surface area (Å²) >= 11 is 0. The Kier molecular flexibility index (Phi) is 4.18. The van der Waals surface area contributed by atoms with Crippen molar-refractivity contribution in [1.82, 2.24) is 20.5 Å². The summed E-state index contributed by atoms with van der Waals surface area (Å²) in [4.78, 5) is 4.20. The Morgan fingerprint density at radius 2 is 2.15 bits per heavy atom. The van der Waals surface area contributed by atoms with E-state index in [1.54, 1.807) is 6.20 Å². The standard InChI is InChI=1S/C15H19N5/c1-2-9-17-14(5-1)18-15-7-6-13(19-20-15)10-12-4-3-8-16-11-12/h1-2,5-7,9,12,16H,3-4,8,10-11H2,(H,17,18,20). The van der Waals surface area contributed by atoms with Gasteiger partial charge in [-0.2, -0.15) is 5.10 Å². The second-order valence-corrected chi connectivity index (χ2v) is 5.17. The number of pyridine rings is 1. The highest BCUT2D eigenvalue weighted by Gasteiger charge is 2.14. The molecule has 1 atom stereocenters. The molecule has 0 amide bonds. The summed E-state index contributed by atoms with van der Waals surface area (Å²) in [5.41, 5.74) is 1.06. The van der Waals surface area contributed by atoms with Crippen LogP contribution in [0.2, 0.25) is 0 Å². The van der Waals surface area contributed by atoms with Crippen molar-refractivity contribution in [2.75, 3.05) is 18.4 Å².